The summed E-state index contributed by atoms with van der Waals surface area (Å²) in [5.74, 6) is -3.69. The minimum absolute atomic E-state index is 1.08. The fourth-order valence-electron chi connectivity index (χ4n) is 0.381. The number of hydrogen-bond acceptors (Lipinski definition) is 6. The van der Waals surface area contributed by atoms with Crippen LogP contribution in [0.15, 0.2) is 0 Å². The molecule has 0 bridgehead atoms. The fourth-order valence-corrected chi connectivity index (χ4v) is 0.811. The van der Waals surface area contributed by atoms with Gasteiger partial charge in [0.05, 0.1) is 11.2 Å². The second kappa shape index (κ2) is 4.04. The van der Waals surface area contributed by atoms with Crippen molar-refractivity contribution in [3.05, 3.63) is 0 Å². The number of carboxylic acids is 2. The van der Waals surface area contributed by atoms with E-state index in [1.165, 1.54) is 0 Å². The second-order valence-corrected chi connectivity index (χ2v) is 2.73. The number of carbonyl (C=O) groups is 2. The van der Waals surface area contributed by atoms with Crippen LogP contribution >= 0.6 is 0 Å². The van der Waals surface area contributed by atoms with Crippen LogP contribution < -0.4 is 10.2 Å². The van der Waals surface area contributed by atoms with Crippen molar-refractivity contribution in [2.75, 3.05) is 0 Å². The molecule has 0 heterocycles. The molecule has 0 saturated heterocycles. The molecular formula is C4H3O6S-3. The van der Waals surface area contributed by atoms with Crippen LogP contribution in [0.5, 0.6) is 0 Å². The van der Waals surface area contributed by atoms with Crippen molar-refractivity contribution in [1.82, 2.24) is 0 Å². The zero-order valence-electron chi connectivity index (χ0n) is 5.14. The third kappa shape index (κ3) is 3.68. The Labute approximate surface area is 64.1 Å². The largest absolute Gasteiger partial charge is 0.772 e. The van der Waals surface area contributed by atoms with Crippen molar-refractivity contribution in [3.8, 4) is 0 Å². The first kappa shape index (κ1) is 10.0. The van der Waals surface area contributed by atoms with Gasteiger partial charge in [-0.25, -0.2) is 0 Å². The van der Waals surface area contributed by atoms with Gasteiger partial charge in [-0.2, -0.15) is 0 Å². The molecule has 0 radical (unpaired) electrons. The van der Waals surface area contributed by atoms with Crippen LogP contribution in [0, 0.1) is 0 Å². The van der Waals surface area contributed by atoms with Gasteiger partial charge in [0.2, 0.25) is 0 Å². The Kier molecular flexibility index (Phi) is 3.69. The summed E-state index contributed by atoms with van der Waals surface area (Å²) >= 11 is -2.99. The van der Waals surface area contributed by atoms with Crippen molar-refractivity contribution in [2.24, 2.45) is 0 Å². The number of carbonyl (C=O) groups excluding carboxylic acids is 2. The van der Waals surface area contributed by atoms with Crippen LogP contribution in [0.4, 0.5) is 0 Å². The summed E-state index contributed by atoms with van der Waals surface area (Å²) in [5, 5.41) is 17.6. The average Bonchev–Trinajstić information content (AvgIpc) is 1.81. The van der Waals surface area contributed by atoms with Crippen LogP contribution in [-0.4, -0.2) is 26.0 Å². The van der Waals surface area contributed by atoms with Crippen LogP contribution in [0.1, 0.15) is 6.42 Å². The van der Waals surface area contributed by atoms with Crippen LogP contribution in [0.2, 0.25) is 0 Å². The first-order valence-corrected chi connectivity index (χ1v) is 3.57. The summed E-state index contributed by atoms with van der Waals surface area (Å²) in [6.07, 6.45) is -1.08. The van der Waals surface area contributed by atoms with E-state index in [1.807, 2.05) is 0 Å². The van der Waals surface area contributed by atoms with Gasteiger partial charge < -0.3 is 24.4 Å². The lowest BCUT2D eigenvalue weighted by atomic mass is 10.3. The Balaban J connectivity index is 4.23. The Morgan fingerprint density at radius 3 is 1.91 bits per heavy atom. The second-order valence-electron chi connectivity index (χ2n) is 1.64. The van der Waals surface area contributed by atoms with Crippen LogP contribution in [-0.2, 0) is 20.7 Å². The minimum atomic E-state index is -2.99. The highest BCUT2D eigenvalue weighted by Crippen LogP contribution is 1.97. The third-order valence-electron chi connectivity index (χ3n) is 0.847. The molecule has 0 aromatic rings. The van der Waals surface area contributed by atoms with Gasteiger partial charge in [0.25, 0.3) is 0 Å². The SMILES string of the molecule is O=C([O-])CC(C(=O)[O-])S(=O)[O-]. The average molecular weight is 179 g/mol. The molecule has 6 nitrogen and oxygen atoms in total. The molecule has 0 spiro atoms. The molecule has 2 atom stereocenters. The molecule has 64 valence electrons. The lowest BCUT2D eigenvalue weighted by Crippen LogP contribution is -2.42. The molecule has 0 aliphatic carbocycles. The lowest BCUT2D eigenvalue weighted by molar-refractivity contribution is -0.314. The smallest absolute Gasteiger partial charge is 0.0663 e. The van der Waals surface area contributed by atoms with Gasteiger partial charge in [0.1, 0.15) is 0 Å². The predicted octanol–water partition coefficient (Wildman–Crippen LogP) is -3.88. The number of carboxylic acid groups (broad SMARTS) is 2. The highest BCUT2D eigenvalue weighted by Gasteiger charge is 2.10. The van der Waals surface area contributed by atoms with Gasteiger partial charge in [-0.05, 0) is 11.1 Å². The van der Waals surface area contributed by atoms with E-state index in [0.29, 0.717) is 0 Å². The molecule has 0 rings (SSSR count). The maximum absolute atomic E-state index is 9.96. The monoisotopic (exact) mass is 179 g/mol. The Morgan fingerprint density at radius 1 is 1.36 bits per heavy atom. The number of hydrogen-bond donors (Lipinski definition) is 0. The van der Waals surface area contributed by atoms with Gasteiger partial charge in [0.15, 0.2) is 0 Å². The van der Waals surface area contributed by atoms with Crippen molar-refractivity contribution in [2.45, 2.75) is 11.7 Å². The van der Waals surface area contributed by atoms with E-state index in [2.05, 4.69) is 0 Å². The molecule has 0 amide bonds. The molecule has 0 N–H and O–H groups in total. The zero-order valence-corrected chi connectivity index (χ0v) is 5.96. The van der Waals surface area contributed by atoms with E-state index >= 15 is 0 Å². The van der Waals surface area contributed by atoms with E-state index in [0.717, 1.165) is 0 Å². The standard InChI is InChI=1S/C4H6O6S/c5-3(6)1-2(4(7)8)11(9)10/h2H,1H2,(H,5,6)(H,7,8)(H,9,10)/p-3. The molecule has 0 saturated carbocycles. The van der Waals surface area contributed by atoms with Crippen molar-refractivity contribution >= 4 is 23.0 Å². The first-order chi connectivity index (χ1) is 4.95. The summed E-state index contributed by atoms with van der Waals surface area (Å²) in [6.45, 7) is 0. The Morgan fingerprint density at radius 2 is 1.82 bits per heavy atom. The van der Waals surface area contributed by atoms with Gasteiger partial charge in [0, 0.05) is 12.4 Å². The van der Waals surface area contributed by atoms with Crippen molar-refractivity contribution < 1.29 is 28.6 Å². The summed E-state index contributed by atoms with van der Waals surface area (Å²) < 4.78 is 19.9. The van der Waals surface area contributed by atoms with E-state index in [-0.39, 0.29) is 0 Å². The Bertz CT molecular complexity index is 185. The van der Waals surface area contributed by atoms with Gasteiger partial charge in [-0.15, -0.1) is 0 Å². The topological polar surface area (TPSA) is 120 Å². The van der Waals surface area contributed by atoms with Gasteiger partial charge >= 0.3 is 0 Å². The Hall–Kier alpha value is -0.950. The summed E-state index contributed by atoms with van der Waals surface area (Å²) in [7, 11) is 0. The summed E-state index contributed by atoms with van der Waals surface area (Å²) in [5.41, 5.74) is 0. The summed E-state index contributed by atoms with van der Waals surface area (Å²) in [4.78, 5) is 19.6. The quantitative estimate of drug-likeness (QED) is 0.407. The summed E-state index contributed by atoms with van der Waals surface area (Å²) in [6, 6.07) is 0. The maximum atomic E-state index is 9.96. The van der Waals surface area contributed by atoms with E-state index in [9.17, 15) is 28.6 Å². The normalized spacial score (nSPS) is 15.4. The lowest BCUT2D eigenvalue weighted by Gasteiger charge is -2.20. The van der Waals surface area contributed by atoms with Crippen molar-refractivity contribution in [3.63, 3.8) is 0 Å². The fraction of sp³-hybridized carbons (Fsp3) is 0.500. The highest BCUT2D eigenvalue weighted by atomic mass is 32.2. The predicted molar refractivity (Wildman–Crippen MR) is 27.3 cm³/mol. The molecule has 7 heteroatoms. The third-order valence-corrected chi connectivity index (χ3v) is 1.67. The highest BCUT2D eigenvalue weighted by molar-refractivity contribution is 7.80. The molecule has 11 heavy (non-hydrogen) atoms. The maximum Gasteiger partial charge on any atom is 0.0663 e. The minimum Gasteiger partial charge on any atom is -0.772 e. The molecule has 2 unspecified atom stereocenters. The van der Waals surface area contributed by atoms with E-state index in [4.69, 9.17) is 0 Å². The van der Waals surface area contributed by atoms with Gasteiger partial charge in [-0.1, -0.05) is 0 Å². The molecular weight excluding hydrogens is 176 g/mol. The first-order valence-electron chi connectivity index (χ1n) is 2.44. The molecule has 0 aliphatic heterocycles. The van der Waals surface area contributed by atoms with E-state index < -0.39 is 34.7 Å². The molecule has 0 aromatic heterocycles. The molecule has 0 aromatic carbocycles. The van der Waals surface area contributed by atoms with E-state index in [1.54, 1.807) is 0 Å². The van der Waals surface area contributed by atoms with Crippen LogP contribution in [0.3, 0.4) is 0 Å². The van der Waals surface area contributed by atoms with Crippen LogP contribution in [0.25, 0.3) is 0 Å². The van der Waals surface area contributed by atoms with Gasteiger partial charge in [-0.3, -0.25) is 4.21 Å². The number of rotatable bonds is 4. The molecule has 0 aliphatic rings. The zero-order chi connectivity index (χ0) is 9.02. The van der Waals surface area contributed by atoms with Crippen molar-refractivity contribution in [1.29, 1.82) is 0 Å². The number of aliphatic carboxylic acids is 2. The molecule has 0 fully saturated rings.